The molecule has 0 unspecified atom stereocenters. The summed E-state index contributed by atoms with van der Waals surface area (Å²) in [5, 5.41) is 0. The summed E-state index contributed by atoms with van der Waals surface area (Å²) in [5.74, 6) is 2.55. The molecule has 1 aliphatic heterocycles. The summed E-state index contributed by atoms with van der Waals surface area (Å²) in [5.41, 5.74) is 0. The van der Waals surface area contributed by atoms with E-state index >= 15 is 0 Å². The topological polar surface area (TPSA) is 51.1 Å². The molecule has 0 aromatic carbocycles. The smallest absolute Gasteiger partial charge is 0.229 e. The molecule has 16 heavy (non-hydrogen) atoms. The monoisotopic (exact) mass is 334 g/mol. The number of anilines is 1. The van der Waals surface area contributed by atoms with Gasteiger partial charge in [0, 0.05) is 19.5 Å². The number of aryl methyl sites for hydroxylation is 1. The minimum Gasteiger partial charge on any atom is -0.378 e. The van der Waals surface area contributed by atoms with Gasteiger partial charge in [0.15, 0.2) is 0 Å². The van der Waals surface area contributed by atoms with Crippen LogP contribution in [-0.4, -0.2) is 41.3 Å². The first-order valence-corrected chi connectivity index (χ1v) is 6.98. The second kappa shape index (κ2) is 5.72. The first-order valence-electron chi connectivity index (χ1n) is 5.46. The van der Waals surface area contributed by atoms with Crippen molar-refractivity contribution in [3.8, 4) is 0 Å². The molecule has 0 atom stereocenters. The zero-order valence-corrected chi connectivity index (χ0v) is 11.5. The summed E-state index contributed by atoms with van der Waals surface area (Å²) in [6.45, 7) is 5.32. The van der Waals surface area contributed by atoms with E-state index in [0.717, 1.165) is 54.7 Å². The molecule has 0 N–H and O–H groups in total. The number of alkyl halides is 1. The highest BCUT2D eigenvalue weighted by Gasteiger charge is 2.15. The SMILES string of the molecule is CCc1nc(CI)nc(N2CCOCC2)n1. The molecule has 0 radical (unpaired) electrons. The van der Waals surface area contributed by atoms with E-state index < -0.39 is 0 Å². The van der Waals surface area contributed by atoms with Crippen LogP contribution in [0.25, 0.3) is 0 Å². The lowest BCUT2D eigenvalue weighted by molar-refractivity contribution is 0.122. The summed E-state index contributed by atoms with van der Waals surface area (Å²) in [6, 6.07) is 0. The Bertz CT molecular complexity index is 332. The number of hydrogen-bond acceptors (Lipinski definition) is 5. The molecule has 0 aliphatic carbocycles. The van der Waals surface area contributed by atoms with E-state index in [2.05, 4.69) is 49.4 Å². The highest BCUT2D eigenvalue weighted by atomic mass is 127. The highest BCUT2D eigenvalue weighted by molar-refractivity contribution is 14.1. The minimum absolute atomic E-state index is 0.757. The highest BCUT2D eigenvalue weighted by Crippen LogP contribution is 2.12. The minimum atomic E-state index is 0.757. The average molecular weight is 334 g/mol. The molecule has 0 spiro atoms. The molecule has 0 bridgehead atoms. The summed E-state index contributed by atoms with van der Waals surface area (Å²) < 4.78 is 6.14. The second-order valence-corrected chi connectivity index (χ2v) is 4.32. The van der Waals surface area contributed by atoms with Crippen LogP contribution in [-0.2, 0) is 15.6 Å². The molecular formula is C10H15IN4O. The molecule has 2 rings (SSSR count). The van der Waals surface area contributed by atoms with Crippen molar-refractivity contribution in [2.24, 2.45) is 0 Å². The van der Waals surface area contributed by atoms with Crippen LogP contribution in [0.3, 0.4) is 0 Å². The van der Waals surface area contributed by atoms with Gasteiger partial charge < -0.3 is 9.64 Å². The van der Waals surface area contributed by atoms with Crippen molar-refractivity contribution in [1.82, 2.24) is 15.0 Å². The van der Waals surface area contributed by atoms with Crippen molar-refractivity contribution in [3.63, 3.8) is 0 Å². The Balaban J connectivity index is 2.24. The zero-order valence-electron chi connectivity index (χ0n) is 9.32. The molecule has 0 saturated carbocycles. The Morgan fingerprint density at radius 1 is 1.19 bits per heavy atom. The first-order chi connectivity index (χ1) is 7.83. The molecule has 1 aromatic rings. The number of ether oxygens (including phenoxy) is 1. The van der Waals surface area contributed by atoms with Gasteiger partial charge in [0.25, 0.3) is 0 Å². The van der Waals surface area contributed by atoms with E-state index in [-0.39, 0.29) is 0 Å². The van der Waals surface area contributed by atoms with Crippen LogP contribution in [0.2, 0.25) is 0 Å². The Morgan fingerprint density at radius 2 is 1.88 bits per heavy atom. The standard InChI is InChI=1S/C10H15IN4O/c1-2-8-12-9(7-11)14-10(13-8)15-3-5-16-6-4-15/h2-7H2,1H3. The van der Waals surface area contributed by atoms with Gasteiger partial charge in [-0.3, -0.25) is 0 Å². The van der Waals surface area contributed by atoms with Crippen molar-refractivity contribution >= 4 is 28.5 Å². The summed E-state index contributed by atoms with van der Waals surface area (Å²) in [4.78, 5) is 15.5. The van der Waals surface area contributed by atoms with E-state index in [9.17, 15) is 0 Å². The van der Waals surface area contributed by atoms with Crippen molar-refractivity contribution in [1.29, 1.82) is 0 Å². The maximum absolute atomic E-state index is 5.32. The third kappa shape index (κ3) is 2.79. The first kappa shape index (κ1) is 12.0. The van der Waals surface area contributed by atoms with Crippen LogP contribution in [0, 0.1) is 0 Å². The van der Waals surface area contributed by atoms with Crippen LogP contribution in [0.1, 0.15) is 18.6 Å². The predicted octanol–water partition coefficient (Wildman–Crippen LogP) is 1.21. The molecule has 88 valence electrons. The fourth-order valence-electron chi connectivity index (χ4n) is 1.58. The third-order valence-corrected chi connectivity index (χ3v) is 3.13. The molecule has 2 heterocycles. The number of nitrogens with zero attached hydrogens (tertiary/aromatic N) is 4. The van der Waals surface area contributed by atoms with Crippen LogP contribution in [0.4, 0.5) is 5.95 Å². The van der Waals surface area contributed by atoms with Gasteiger partial charge in [-0.15, -0.1) is 0 Å². The molecule has 1 fully saturated rings. The lowest BCUT2D eigenvalue weighted by Gasteiger charge is -2.27. The van der Waals surface area contributed by atoms with Crippen LogP contribution < -0.4 is 4.90 Å². The molecule has 1 saturated heterocycles. The summed E-state index contributed by atoms with van der Waals surface area (Å²) in [6.07, 6.45) is 0.851. The number of rotatable bonds is 3. The van der Waals surface area contributed by atoms with Crippen molar-refractivity contribution in [2.75, 3.05) is 31.2 Å². The lowest BCUT2D eigenvalue weighted by Crippen LogP contribution is -2.37. The maximum Gasteiger partial charge on any atom is 0.229 e. The van der Waals surface area contributed by atoms with Crippen molar-refractivity contribution < 1.29 is 4.74 Å². The van der Waals surface area contributed by atoms with E-state index in [0.29, 0.717) is 0 Å². The van der Waals surface area contributed by atoms with Crippen LogP contribution in [0.15, 0.2) is 0 Å². The summed E-state index contributed by atoms with van der Waals surface area (Å²) in [7, 11) is 0. The molecule has 1 aliphatic rings. The largest absolute Gasteiger partial charge is 0.378 e. The van der Waals surface area contributed by atoms with Gasteiger partial charge in [-0.1, -0.05) is 29.5 Å². The Kier molecular flexibility index (Phi) is 4.28. The van der Waals surface area contributed by atoms with E-state index in [1.165, 1.54) is 0 Å². The van der Waals surface area contributed by atoms with Crippen molar-refractivity contribution in [2.45, 2.75) is 17.8 Å². The molecule has 1 aromatic heterocycles. The van der Waals surface area contributed by atoms with Crippen LogP contribution in [0.5, 0.6) is 0 Å². The number of morpholine rings is 1. The summed E-state index contributed by atoms with van der Waals surface area (Å²) >= 11 is 2.28. The Morgan fingerprint density at radius 3 is 2.50 bits per heavy atom. The fourth-order valence-corrected chi connectivity index (χ4v) is 1.92. The number of halogens is 1. The average Bonchev–Trinajstić information content (AvgIpc) is 2.39. The number of hydrogen-bond donors (Lipinski definition) is 0. The normalized spacial score (nSPS) is 16.5. The number of aromatic nitrogens is 3. The van der Waals surface area contributed by atoms with Gasteiger partial charge in [0.1, 0.15) is 11.6 Å². The molecule has 5 nitrogen and oxygen atoms in total. The van der Waals surface area contributed by atoms with Gasteiger partial charge >= 0.3 is 0 Å². The van der Waals surface area contributed by atoms with Gasteiger partial charge in [0.2, 0.25) is 5.95 Å². The zero-order chi connectivity index (χ0) is 11.4. The third-order valence-electron chi connectivity index (χ3n) is 2.45. The Hall–Kier alpha value is -0.500. The van der Waals surface area contributed by atoms with Crippen LogP contribution >= 0.6 is 22.6 Å². The maximum atomic E-state index is 5.32. The Labute approximate surface area is 109 Å². The lowest BCUT2D eigenvalue weighted by atomic mass is 10.4. The quantitative estimate of drug-likeness (QED) is 0.614. The van der Waals surface area contributed by atoms with Crippen molar-refractivity contribution in [3.05, 3.63) is 11.6 Å². The predicted molar refractivity (Wildman–Crippen MR) is 70.0 cm³/mol. The molecular weight excluding hydrogens is 319 g/mol. The van der Waals surface area contributed by atoms with E-state index in [4.69, 9.17) is 4.74 Å². The molecule has 0 amide bonds. The van der Waals surface area contributed by atoms with Gasteiger partial charge in [-0.05, 0) is 0 Å². The second-order valence-electron chi connectivity index (χ2n) is 3.55. The van der Waals surface area contributed by atoms with Gasteiger partial charge in [-0.2, -0.15) is 9.97 Å². The van der Waals surface area contributed by atoms with E-state index in [1.807, 2.05) is 0 Å². The van der Waals surface area contributed by atoms with Gasteiger partial charge in [-0.25, -0.2) is 4.98 Å². The fraction of sp³-hybridized carbons (Fsp3) is 0.700. The molecule has 6 heteroatoms. The van der Waals surface area contributed by atoms with E-state index in [1.54, 1.807) is 0 Å². The van der Waals surface area contributed by atoms with Gasteiger partial charge in [0.05, 0.1) is 17.6 Å².